The van der Waals surface area contributed by atoms with E-state index < -0.39 is 8.32 Å². The van der Waals surface area contributed by atoms with Gasteiger partial charge in [0.1, 0.15) is 6.61 Å². The van der Waals surface area contributed by atoms with E-state index in [4.69, 9.17) is 13.9 Å². The first-order valence-corrected chi connectivity index (χ1v) is 7.85. The van der Waals surface area contributed by atoms with Crippen molar-refractivity contribution in [2.75, 3.05) is 20.3 Å². The summed E-state index contributed by atoms with van der Waals surface area (Å²) in [6.45, 7) is 7.98. The van der Waals surface area contributed by atoms with Crippen LogP contribution in [0.4, 0.5) is 0 Å². The van der Waals surface area contributed by atoms with Gasteiger partial charge in [-0.1, -0.05) is 20.8 Å². The zero-order valence-corrected chi connectivity index (χ0v) is 10.8. The quantitative estimate of drug-likeness (QED) is 0.485. The lowest BCUT2D eigenvalue weighted by molar-refractivity contribution is -0.00477. The number of ether oxygens (including phenoxy) is 2. The fourth-order valence-corrected chi connectivity index (χ4v) is 5.47. The maximum Gasteiger partial charge on any atom is 0.259 e. The number of epoxide rings is 1. The Labute approximate surface area is 87.9 Å². The van der Waals surface area contributed by atoms with E-state index in [0.717, 1.165) is 31.7 Å². The Morgan fingerprint density at radius 1 is 1.29 bits per heavy atom. The Morgan fingerprint density at radius 3 is 2.14 bits per heavy atom. The van der Waals surface area contributed by atoms with Gasteiger partial charge >= 0.3 is 0 Å². The highest BCUT2D eigenvalue weighted by molar-refractivity contribution is 6.76. The monoisotopic (exact) mass is 218 g/mol. The summed E-state index contributed by atoms with van der Waals surface area (Å²) in [5, 5.41) is 0. The second-order valence-electron chi connectivity index (χ2n) is 3.80. The Morgan fingerprint density at radius 2 is 1.86 bits per heavy atom. The zero-order valence-electron chi connectivity index (χ0n) is 9.76. The van der Waals surface area contributed by atoms with Crippen molar-refractivity contribution in [1.29, 1.82) is 0 Å². The molecular weight excluding hydrogens is 196 g/mol. The van der Waals surface area contributed by atoms with Crippen LogP contribution in [0.5, 0.6) is 0 Å². The molecule has 0 aromatic carbocycles. The van der Waals surface area contributed by atoms with Crippen LogP contribution in [-0.4, -0.2) is 34.1 Å². The molecule has 1 atom stereocenters. The van der Waals surface area contributed by atoms with Crippen molar-refractivity contribution in [2.45, 2.75) is 44.7 Å². The Kier molecular flexibility index (Phi) is 4.12. The zero-order chi connectivity index (χ0) is 10.7. The molecule has 1 saturated heterocycles. The molecule has 3 nitrogen and oxygen atoms in total. The van der Waals surface area contributed by atoms with Gasteiger partial charge < -0.3 is 13.9 Å². The lowest BCUT2D eigenvalue weighted by Gasteiger charge is -2.33. The first-order valence-electron chi connectivity index (χ1n) is 5.53. The van der Waals surface area contributed by atoms with Gasteiger partial charge in [-0.3, -0.25) is 0 Å². The molecule has 0 amide bonds. The van der Waals surface area contributed by atoms with E-state index in [9.17, 15) is 0 Å². The van der Waals surface area contributed by atoms with Crippen LogP contribution < -0.4 is 0 Å². The summed E-state index contributed by atoms with van der Waals surface area (Å²) >= 11 is 0. The van der Waals surface area contributed by atoms with Crippen molar-refractivity contribution in [3.05, 3.63) is 0 Å². The first-order chi connectivity index (χ1) is 6.70. The molecule has 0 N–H and O–H groups in total. The maximum absolute atomic E-state index is 5.84. The second-order valence-corrected chi connectivity index (χ2v) is 8.37. The van der Waals surface area contributed by atoms with Gasteiger partial charge in [0.2, 0.25) is 5.41 Å². The summed E-state index contributed by atoms with van der Waals surface area (Å²) in [5.41, 5.74) is -0.318. The predicted octanol–water partition coefficient (Wildman–Crippen LogP) is 2.31. The summed E-state index contributed by atoms with van der Waals surface area (Å²) in [6, 6.07) is 2.12. The topological polar surface area (TPSA) is 31.0 Å². The molecule has 1 heterocycles. The third kappa shape index (κ3) is 1.89. The minimum Gasteiger partial charge on any atom is -0.414 e. The van der Waals surface area contributed by atoms with Gasteiger partial charge in [0.15, 0.2) is 0 Å². The van der Waals surface area contributed by atoms with Gasteiger partial charge in [0.25, 0.3) is 8.32 Å². The van der Waals surface area contributed by atoms with Gasteiger partial charge in [-0.15, -0.1) is 0 Å². The van der Waals surface area contributed by atoms with Crippen molar-refractivity contribution < 1.29 is 13.9 Å². The third-order valence-electron chi connectivity index (χ3n) is 3.17. The third-order valence-corrected chi connectivity index (χ3v) is 8.06. The van der Waals surface area contributed by atoms with Crippen LogP contribution in [0.25, 0.3) is 0 Å². The van der Waals surface area contributed by atoms with Gasteiger partial charge in [-0.25, -0.2) is 0 Å². The smallest absolute Gasteiger partial charge is 0.259 e. The van der Waals surface area contributed by atoms with E-state index in [-0.39, 0.29) is 5.41 Å². The number of hydrogen-bond acceptors (Lipinski definition) is 3. The molecule has 84 valence electrons. The molecule has 0 aliphatic carbocycles. The Hall–Kier alpha value is 0.0969. The molecule has 0 saturated carbocycles. The standard InChI is InChI=1S/C10H22O3Si/c1-5-8-12-10(9-13-10)14(6-2,7-3)11-4/h5-9H2,1-4H3. The minimum atomic E-state index is -1.82. The van der Waals surface area contributed by atoms with Gasteiger partial charge in [-0.05, 0) is 18.5 Å². The minimum absolute atomic E-state index is 0.318. The maximum atomic E-state index is 5.84. The molecule has 0 spiro atoms. The largest absolute Gasteiger partial charge is 0.414 e. The first kappa shape index (κ1) is 12.2. The lowest BCUT2D eigenvalue weighted by Crippen LogP contribution is -2.53. The lowest BCUT2D eigenvalue weighted by atomic mass is 10.5. The molecule has 0 aromatic rings. The summed E-state index contributed by atoms with van der Waals surface area (Å²) in [4.78, 5) is 0. The number of hydrogen-bond donors (Lipinski definition) is 0. The van der Waals surface area contributed by atoms with Crippen molar-refractivity contribution in [3.63, 3.8) is 0 Å². The van der Waals surface area contributed by atoms with E-state index in [1.165, 1.54) is 0 Å². The summed E-state index contributed by atoms with van der Waals surface area (Å²) < 4.78 is 17.1. The molecule has 0 aromatic heterocycles. The number of rotatable bonds is 7. The molecule has 0 bridgehead atoms. The molecule has 1 aliphatic rings. The van der Waals surface area contributed by atoms with Gasteiger partial charge in [0, 0.05) is 13.7 Å². The SMILES string of the molecule is CCCOC1([Si](CC)(CC)OC)CO1. The van der Waals surface area contributed by atoms with Crippen molar-refractivity contribution >= 4 is 8.32 Å². The van der Waals surface area contributed by atoms with E-state index in [1.54, 1.807) is 7.11 Å². The average Bonchev–Trinajstić information content (AvgIpc) is 3.00. The summed E-state index contributed by atoms with van der Waals surface area (Å²) in [5.74, 6) is 0. The molecular formula is C10H22O3Si. The Balaban J connectivity index is 2.66. The highest BCUT2D eigenvalue weighted by Crippen LogP contribution is 2.43. The fourth-order valence-electron chi connectivity index (χ4n) is 2.04. The predicted molar refractivity (Wildman–Crippen MR) is 58.7 cm³/mol. The normalized spacial score (nSPS) is 26.6. The Bertz CT molecular complexity index is 168. The van der Waals surface area contributed by atoms with Crippen LogP contribution in [0.2, 0.25) is 12.1 Å². The van der Waals surface area contributed by atoms with Crippen LogP contribution >= 0.6 is 0 Å². The summed E-state index contributed by atoms with van der Waals surface area (Å²) in [7, 11) is -0.0121. The van der Waals surface area contributed by atoms with Crippen LogP contribution in [-0.2, 0) is 13.9 Å². The van der Waals surface area contributed by atoms with E-state index in [1.807, 2.05) is 0 Å². The van der Waals surface area contributed by atoms with E-state index >= 15 is 0 Å². The van der Waals surface area contributed by atoms with Crippen LogP contribution in [0.1, 0.15) is 27.2 Å². The molecule has 14 heavy (non-hydrogen) atoms. The van der Waals surface area contributed by atoms with Crippen LogP contribution in [0.15, 0.2) is 0 Å². The molecule has 1 fully saturated rings. The molecule has 1 aliphatic heterocycles. The second kappa shape index (κ2) is 4.75. The van der Waals surface area contributed by atoms with Crippen LogP contribution in [0, 0.1) is 0 Å². The van der Waals surface area contributed by atoms with Crippen LogP contribution in [0.3, 0.4) is 0 Å². The van der Waals surface area contributed by atoms with Gasteiger partial charge in [-0.2, -0.15) is 0 Å². The highest BCUT2D eigenvalue weighted by Gasteiger charge is 2.64. The fraction of sp³-hybridized carbons (Fsp3) is 1.00. The highest BCUT2D eigenvalue weighted by atomic mass is 28.4. The van der Waals surface area contributed by atoms with Crippen molar-refractivity contribution in [2.24, 2.45) is 0 Å². The molecule has 1 rings (SSSR count). The van der Waals surface area contributed by atoms with E-state index in [0.29, 0.717) is 0 Å². The average molecular weight is 218 g/mol. The van der Waals surface area contributed by atoms with E-state index in [2.05, 4.69) is 20.8 Å². The molecule has 4 heteroatoms. The molecule has 1 unspecified atom stereocenters. The molecule has 0 radical (unpaired) electrons. The van der Waals surface area contributed by atoms with Crippen molar-refractivity contribution in [3.8, 4) is 0 Å². The van der Waals surface area contributed by atoms with Crippen molar-refractivity contribution in [1.82, 2.24) is 0 Å². The summed E-state index contributed by atoms with van der Waals surface area (Å²) in [6.07, 6.45) is 1.03. The van der Waals surface area contributed by atoms with Gasteiger partial charge in [0.05, 0.1) is 0 Å².